The average Bonchev–Trinajstić information content (AvgIpc) is 2.67. The smallest absolute Gasteiger partial charge is 0.320 e. The molecule has 20 heavy (non-hydrogen) atoms. The van der Waals surface area contributed by atoms with Crippen LogP contribution in [0.2, 0.25) is 5.02 Å². The van der Waals surface area contributed by atoms with Crippen LogP contribution in [0.3, 0.4) is 0 Å². The molecule has 1 spiro atoms. The van der Waals surface area contributed by atoms with Crippen LogP contribution in [0.1, 0.15) is 18.4 Å². The van der Waals surface area contributed by atoms with Gasteiger partial charge in [0, 0.05) is 5.02 Å². The van der Waals surface area contributed by atoms with Crippen LogP contribution in [0.5, 0.6) is 0 Å². The third-order valence-corrected chi connectivity index (χ3v) is 4.42. The van der Waals surface area contributed by atoms with Gasteiger partial charge >= 0.3 is 6.03 Å². The first-order chi connectivity index (χ1) is 9.61. The van der Waals surface area contributed by atoms with Gasteiger partial charge in [0.25, 0.3) is 0 Å². The Labute approximate surface area is 122 Å². The summed E-state index contributed by atoms with van der Waals surface area (Å²) in [5, 5.41) is 17.4. The first-order valence-electron chi connectivity index (χ1n) is 6.83. The lowest BCUT2D eigenvalue weighted by Crippen LogP contribution is -2.56. The summed E-state index contributed by atoms with van der Waals surface area (Å²) < 4.78 is 0. The van der Waals surface area contributed by atoms with E-state index in [-0.39, 0.29) is 6.03 Å². The molecule has 0 aromatic heterocycles. The number of carbonyl (C=O) groups is 1. The van der Waals surface area contributed by atoms with E-state index in [1.54, 1.807) is 12.1 Å². The number of nitrogens with one attached hydrogen (secondary N) is 2. The Bertz CT molecular complexity index is 500. The number of aliphatic hydroxyl groups excluding tert-OH is 1. The van der Waals surface area contributed by atoms with Crippen molar-refractivity contribution in [3.63, 3.8) is 0 Å². The first kappa shape index (κ1) is 13.7. The maximum Gasteiger partial charge on any atom is 0.320 e. The van der Waals surface area contributed by atoms with Crippen molar-refractivity contribution in [2.45, 2.75) is 31.2 Å². The fourth-order valence-corrected chi connectivity index (χ4v) is 3.09. The molecule has 1 aromatic rings. The third-order valence-electron chi connectivity index (χ3n) is 4.17. The Morgan fingerprint density at radius 3 is 2.60 bits per heavy atom. The summed E-state index contributed by atoms with van der Waals surface area (Å²) in [5.74, 6) is 0. The molecule has 2 amide bonds. The fourth-order valence-electron chi connectivity index (χ4n) is 2.96. The number of halogens is 1. The zero-order chi connectivity index (χ0) is 14.2. The van der Waals surface area contributed by atoms with Gasteiger partial charge in [-0.2, -0.15) is 0 Å². The summed E-state index contributed by atoms with van der Waals surface area (Å²) in [5.41, 5.74) is 0.448. The normalized spacial score (nSPS) is 25.0. The number of aliphatic hydroxyl groups is 1. The zero-order valence-corrected chi connectivity index (χ0v) is 11.9. The average molecular weight is 296 g/mol. The van der Waals surface area contributed by atoms with Crippen LogP contribution in [-0.4, -0.2) is 40.9 Å². The van der Waals surface area contributed by atoms with E-state index in [0.29, 0.717) is 11.6 Å². The van der Waals surface area contributed by atoms with Gasteiger partial charge in [0.05, 0.1) is 12.1 Å². The van der Waals surface area contributed by atoms with Gasteiger partial charge in [-0.05, 0) is 43.6 Å². The van der Waals surface area contributed by atoms with Gasteiger partial charge in [-0.3, -0.25) is 4.90 Å². The van der Waals surface area contributed by atoms with Crippen LogP contribution in [-0.2, 0) is 6.54 Å². The molecule has 0 bridgehead atoms. The molecule has 3 N–H and O–H groups in total. The highest BCUT2D eigenvalue weighted by molar-refractivity contribution is 6.30. The van der Waals surface area contributed by atoms with Crippen molar-refractivity contribution in [1.29, 1.82) is 0 Å². The van der Waals surface area contributed by atoms with E-state index in [4.69, 9.17) is 11.6 Å². The third kappa shape index (κ3) is 2.37. The number of benzene rings is 1. The molecule has 2 fully saturated rings. The van der Waals surface area contributed by atoms with Crippen LogP contribution < -0.4 is 10.6 Å². The monoisotopic (exact) mass is 295 g/mol. The summed E-state index contributed by atoms with van der Waals surface area (Å²) in [6.07, 6.45) is 0.710. The molecule has 0 saturated carbocycles. The van der Waals surface area contributed by atoms with E-state index in [1.807, 2.05) is 12.1 Å². The SMILES string of the molecule is O=C1NC2(CCNCC2)C(O)N1Cc1ccc(Cl)cc1. The van der Waals surface area contributed by atoms with E-state index in [0.717, 1.165) is 31.5 Å². The molecular formula is C14H18ClN3O2. The van der Waals surface area contributed by atoms with Crippen LogP contribution in [0.15, 0.2) is 24.3 Å². The minimum atomic E-state index is -0.784. The van der Waals surface area contributed by atoms with Gasteiger partial charge < -0.3 is 15.7 Å². The quantitative estimate of drug-likeness (QED) is 0.771. The van der Waals surface area contributed by atoms with Crippen molar-refractivity contribution in [1.82, 2.24) is 15.5 Å². The molecule has 5 nitrogen and oxygen atoms in total. The zero-order valence-electron chi connectivity index (χ0n) is 11.1. The van der Waals surface area contributed by atoms with Gasteiger partial charge in [0.15, 0.2) is 6.23 Å². The molecule has 1 atom stereocenters. The van der Waals surface area contributed by atoms with Gasteiger partial charge in [-0.1, -0.05) is 23.7 Å². The predicted molar refractivity (Wildman–Crippen MR) is 76.4 cm³/mol. The maximum absolute atomic E-state index is 12.1. The molecule has 2 saturated heterocycles. The molecule has 1 aromatic carbocycles. The van der Waals surface area contributed by atoms with E-state index in [2.05, 4.69) is 10.6 Å². The van der Waals surface area contributed by atoms with E-state index in [1.165, 1.54) is 4.90 Å². The second-order valence-corrected chi connectivity index (χ2v) is 5.90. The van der Waals surface area contributed by atoms with Crippen molar-refractivity contribution < 1.29 is 9.90 Å². The Morgan fingerprint density at radius 2 is 1.95 bits per heavy atom. The molecule has 1 unspecified atom stereocenters. The molecule has 6 heteroatoms. The summed E-state index contributed by atoms with van der Waals surface area (Å²) in [7, 11) is 0. The lowest BCUT2D eigenvalue weighted by molar-refractivity contribution is -0.0135. The summed E-state index contributed by atoms with van der Waals surface area (Å²) >= 11 is 5.85. The molecule has 108 valence electrons. The van der Waals surface area contributed by atoms with Crippen LogP contribution in [0, 0.1) is 0 Å². The number of hydrogen-bond donors (Lipinski definition) is 3. The summed E-state index contributed by atoms with van der Waals surface area (Å²) in [4.78, 5) is 13.6. The summed E-state index contributed by atoms with van der Waals surface area (Å²) in [6, 6.07) is 7.12. The van der Waals surface area contributed by atoms with Crippen molar-refractivity contribution >= 4 is 17.6 Å². The van der Waals surface area contributed by atoms with Crippen molar-refractivity contribution in [3.05, 3.63) is 34.9 Å². The summed E-state index contributed by atoms with van der Waals surface area (Å²) in [6.45, 7) is 2.01. The predicted octanol–water partition coefficient (Wildman–Crippen LogP) is 1.31. The Morgan fingerprint density at radius 1 is 1.30 bits per heavy atom. The lowest BCUT2D eigenvalue weighted by Gasteiger charge is -2.36. The van der Waals surface area contributed by atoms with Crippen molar-refractivity contribution in [3.8, 4) is 0 Å². The number of nitrogens with zero attached hydrogens (tertiary/aromatic N) is 1. The highest BCUT2D eigenvalue weighted by Crippen LogP contribution is 2.31. The van der Waals surface area contributed by atoms with Gasteiger partial charge in [-0.25, -0.2) is 4.79 Å². The van der Waals surface area contributed by atoms with Gasteiger partial charge in [0.1, 0.15) is 0 Å². The van der Waals surface area contributed by atoms with Crippen molar-refractivity contribution in [2.75, 3.05) is 13.1 Å². The molecule has 0 aliphatic carbocycles. The molecule has 2 aliphatic heterocycles. The first-order valence-corrected chi connectivity index (χ1v) is 7.21. The van der Waals surface area contributed by atoms with Crippen LogP contribution >= 0.6 is 11.6 Å². The molecular weight excluding hydrogens is 278 g/mol. The highest BCUT2D eigenvalue weighted by atomic mass is 35.5. The Kier molecular flexibility index (Phi) is 3.58. The second kappa shape index (κ2) is 5.24. The number of piperidine rings is 1. The number of rotatable bonds is 2. The largest absolute Gasteiger partial charge is 0.371 e. The highest BCUT2D eigenvalue weighted by Gasteiger charge is 2.50. The Balaban J connectivity index is 1.76. The number of hydrogen-bond acceptors (Lipinski definition) is 3. The van der Waals surface area contributed by atoms with E-state index in [9.17, 15) is 9.90 Å². The molecule has 2 heterocycles. The minimum absolute atomic E-state index is 0.200. The lowest BCUT2D eigenvalue weighted by atomic mass is 9.87. The van der Waals surface area contributed by atoms with Gasteiger partial charge in [0.2, 0.25) is 0 Å². The maximum atomic E-state index is 12.1. The van der Waals surface area contributed by atoms with Crippen LogP contribution in [0.25, 0.3) is 0 Å². The fraction of sp³-hybridized carbons (Fsp3) is 0.500. The second-order valence-electron chi connectivity index (χ2n) is 5.46. The topological polar surface area (TPSA) is 64.6 Å². The standard InChI is InChI=1S/C14H18ClN3O2/c15-11-3-1-10(2-4-11)9-18-12(19)14(17-13(18)20)5-7-16-8-6-14/h1-4,12,16,19H,5-9H2,(H,17,20). The van der Waals surface area contributed by atoms with Gasteiger partial charge in [-0.15, -0.1) is 0 Å². The molecule has 0 radical (unpaired) electrons. The van der Waals surface area contributed by atoms with Crippen LogP contribution in [0.4, 0.5) is 4.79 Å². The Hall–Kier alpha value is -1.30. The number of amides is 2. The molecule has 2 aliphatic rings. The van der Waals surface area contributed by atoms with E-state index >= 15 is 0 Å². The number of urea groups is 1. The number of carbonyl (C=O) groups excluding carboxylic acids is 1. The van der Waals surface area contributed by atoms with E-state index < -0.39 is 11.8 Å². The minimum Gasteiger partial charge on any atom is -0.371 e. The molecule has 3 rings (SSSR count). The van der Waals surface area contributed by atoms with Crippen molar-refractivity contribution in [2.24, 2.45) is 0 Å².